The molecule has 0 aliphatic heterocycles. The Morgan fingerprint density at radius 1 is 1.25 bits per heavy atom. The number of benzene rings is 1. The van der Waals surface area contributed by atoms with Crippen LogP contribution < -0.4 is 11.1 Å². The van der Waals surface area contributed by atoms with E-state index in [1.807, 2.05) is 30.3 Å². The van der Waals surface area contributed by atoms with Gasteiger partial charge in [-0.3, -0.25) is 9.59 Å². The molecule has 32 heavy (non-hydrogen) atoms. The molecule has 4 rings (SSSR count). The van der Waals surface area contributed by atoms with Crippen molar-refractivity contribution in [3.63, 3.8) is 0 Å². The number of primary amides is 1. The monoisotopic (exact) mass is 449 g/mol. The van der Waals surface area contributed by atoms with Gasteiger partial charge in [0.15, 0.2) is 6.61 Å². The molecule has 8 heteroatoms. The second kappa shape index (κ2) is 9.32. The number of carbonyl (C=O) groups excluding carboxylic acids is 3. The first-order valence-corrected chi connectivity index (χ1v) is 11.2. The first-order chi connectivity index (χ1) is 15.4. The summed E-state index contributed by atoms with van der Waals surface area (Å²) in [7, 11) is 0. The smallest absolute Gasteiger partial charge is 0.331 e. The Hall–Kier alpha value is -3.52. The molecule has 2 amide bonds. The molecule has 7 nitrogen and oxygen atoms in total. The summed E-state index contributed by atoms with van der Waals surface area (Å²) in [6, 6.07) is 11.4. The highest BCUT2D eigenvalue weighted by Gasteiger charge is 2.27. The molecule has 1 aliphatic carbocycles. The van der Waals surface area contributed by atoms with Gasteiger partial charge in [-0.05, 0) is 49.0 Å². The third kappa shape index (κ3) is 4.86. The average Bonchev–Trinajstić information content (AvgIpc) is 3.13. The average molecular weight is 450 g/mol. The maximum atomic E-state index is 12.3. The Balaban J connectivity index is 1.36. The molecule has 0 radical (unpaired) electrons. The lowest BCUT2D eigenvalue weighted by Gasteiger charge is -2.18. The topological polar surface area (TPSA) is 111 Å². The number of esters is 1. The van der Waals surface area contributed by atoms with E-state index >= 15 is 0 Å². The van der Waals surface area contributed by atoms with Gasteiger partial charge < -0.3 is 15.8 Å². The highest BCUT2D eigenvalue weighted by Crippen LogP contribution is 2.39. The van der Waals surface area contributed by atoms with Crippen LogP contribution in [-0.2, 0) is 27.2 Å². The van der Waals surface area contributed by atoms with Gasteiger partial charge in [-0.25, -0.2) is 9.78 Å². The molecule has 1 atom stereocenters. The van der Waals surface area contributed by atoms with Crippen molar-refractivity contribution in [3.05, 3.63) is 64.2 Å². The Labute approximate surface area is 189 Å². The van der Waals surface area contributed by atoms with E-state index < -0.39 is 24.4 Å². The van der Waals surface area contributed by atoms with Crippen molar-refractivity contribution < 1.29 is 19.1 Å². The summed E-state index contributed by atoms with van der Waals surface area (Å²) in [5.74, 6) is -1.22. The molecule has 0 bridgehead atoms. The van der Waals surface area contributed by atoms with Crippen LogP contribution in [0.3, 0.4) is 0 Å². The number of ether oxygens (including phenoxy) is 1. The summed E-state index contributed by atoms with van der Waals surface area (Å²) in [4.78, 5) is 41.8. The molecule has 2 heterocycles. The quantitative estimate of drug-likeness (QED) is 0.440. The predicted octanol–water partition coefficient (Wildman–Crippen LogP) is 3.72. The number of nitrogens with one attached hydrogen (secondary N) is 1. The molecule has 0 unspecified atom stereocenters. The number of pyridine rings is 1. The first kappa shape index (κ1) is 21.7. The SMILES string of the molecule is C[C@@H]1CCc2c(sc(NC(=O)COC(=O)/C=C/c3ccc4ccccc4n3)c2C(N)=O)C1. The molecule has 0 saturated heterocycles. The van der Waals surface area contributed by atoms with Crippen LogP contribution in [0, 0.1) is 5.92 Å². The molecule has 164 valence electrons. The highest BCUT2D eigenvalue weighted by molar-refractivity contribution is 7.17. The number of carbonyl (C=O) groups is 3. The number of rotatable bonds is 6. The van der Waals surface area contributed by atoms with Crippen molar-refractivity contribution >= 4 is 51.1 Å². The van der Waals surface area contributed by atoms with Crippen LogP contribution in [0.25, 0.3) is 17.0 Å². The van der Waals surface area contributed by atoms with Crippen LogP contribution in [0.1, 0.15) is 39.8 Å². The van der Waals surface area contributed by atoms with Crippen molar-refractivity contribution in [2.75, 3.05) is 11.9 Å². The molecule has 1 aliphatic rings. The molecular weight excluding hydrogens is 426 g/mol. The van der Waals surface area contributed by atoms with Crippen LogP contribution >= 0.6 is 11.3 Å². The normalized spacial score (nSPS) is 15.5. The molecule has 0 fully saturated rings. The molecular formula is C24H23N3O4S. The Bertz CT molecular complexity index is 1230. The fourth-order valence-corrected chi connectivity index (χ4v) is 5.21. The van der Waals surface area contributed by atoms with E-state index in [2.05, 4.69) is 17.2 Å². The number of para-hydroxylation sites is 1. The van der Waals surface area contributed by atoms with E-state index in [0.717, 1.165) is 40.6 Å². The number of thiophene rings is 1. The number of fused-ring (bicyclic) bond motifs is 2. The maximum absolute atomic E-state index is 12.3. The van der Waals surface area contributed by atoms with Gasteiger partial charge in [-0.2, -0.15) is 0 Å². The van der Waals surface area contributed by atoms with E-state index in [4.69, 9.17) is 10.5 Å². The van der Waals surface area contributed by atoms with Crippen LogP contribution in [0.5, 0.6) is 0 Å². The highest BCUT2D eigenvalue weighted by atomic mass is 32.1. The van der Waals surface area contributed by atoms with E-state index in [1.54, 1.807) is 6.07 Å². The lowest BCUT2D eigenvalue weighted by Crippen LogP contribution is -2.22. The minimum atomic E-state index is -0.662. The Morgan fingerprint density at radius 2 is 2.06 bits per heavy atom. The second-order valence-corrected chi connectivity index (χ2v) is 8.94. The van der Waals surface area contributed by atoms with Crippen LogP contribution in [0.2, 0.25) is 0 Å². The van der Waals surface area contributed by atoms with E-state index in [-0.39, 0.29) is 0 Å². The summed E-state index contributed by atoms with van der Waals surface area (Å²) in [5, 5.41) is 4.11. The van der Waals surface area contributed by atoms with Gasteiger partial charge in [-0.15, -0.1) is 11.3 Å². The van der Waals surface area contributed by atoms with Gasteiger partial charge in [0.25, 0.3) is 11.8 Å². The number of nitrogens with zero attached hydrogens (tertiary/aromatic N) is 1. The molecule has 2 aromatic heterocycles. The number of amides is 2. The van der Waals surface area contributed by atoms with Crippen LogP contribution in [0.4, 0.5) is 5.00 Å². The summed E-state index contributed by atoms with van der Waals surface area (Å²) in [6.07, 6.45) is 5.37. The lowest BCUT2D eigenvalue weighted by atomic mass is 9.88. The number of anilines is 1. The number of hydrogen-bond acceptors (Lipinski definition) is 6. The maximum Gasteiger partial charge on any atom is 0.331 e. The molecule has 3 aromatic rings. The van der Waals surface area contributed by atoms with Gasteiger partial charge in [0, 0.05) is 16.3 Å². The van der Waals surface area contributed by atoms with E-state index in [9.17, 15) is 14.4 Å². The van der Waals surface area contributed by atoms with Crippen molar-refractivity contribution in [2.24, 2.45) is 11.7 Å². The number of hydrogen-bond donors (Lipinski definition) is 2. The predicted molar refractivity (Wildman–Crippen MR) is 124 cm³/mol. The zero-order valence-corrected chi connectivity index (χ0v) is 18.4. The largest absolute Gasteiger partial charge is 0.452 e. The summed E-state index contributed by atoms with van der Waals surface area (Å²) < 4.78 is 5.03. The molecule has 0 spiro atoms. The first-order valence-electron chi connectivity index (χ1n) is 10.4. The van der Waals surface area contributed by atoms with Crippen molar-refractivity contribution in [1.29, 1.82) is 0 Å². The third-order valence-corrected chi connectivity index (χ3v) is 6.54. The minimum absolute atomic E-state index is 0.374. The Kier molecular flexibility index (Phi) is 6.32. The second-order valence-electron chi connectivity index (χ2n) is 7.84. The fourth-order valence-electron chi connectivity index (χ4n) is 3.78. The zero-order valence-electron chi connectivity index (χ0n) is 17.6. The summed E-state index contributed by atoms with van der Waals surface area (Å²) in [6.45, 7) is 1.69. The number of nitrogens with two attached hydrogens (primary N) is 1. The van der Waals surface area contributed by atoms with Crippen molar-refractivity contribution in [1.82, 2.24) is 4.98 Å². The van der Waals surface area contributed by atoms with Crippen LogP contribution in [-0.4, -0.2) is 29.4 Å². The van der Waals surface area contributed by atoms with Gasteiger partial charge in [0.2, 0.25) is 0 Å². The fraction of sp³-hybridized carbons (Fsp3) is 0.250. The zero-order chi connectivity index (χ0) is 22.7. The van der Waals surface area contributed by atoms with E-state index in [0.29, 0.717) is 22.2 Å². The molecule has 3 N–H and O–H groups in total. The van der Waals surface area contributed by atoms with Gasteiger partial charge in [0.05, 0.1) is 16.8 Å². The van der Waals surface area contributed by atoms with Gasteiger partial charge >= 0.3 is 5.97 Å². The van der Waals surface area contributed by atoms with Gasteiger partial charge in [-0.1, -0.05) is 31.2 Å². The Morgan fingerprint density at radius 3 is 2.88 bits per heavy atom. The standard InChI is InChI=1S/C24H23N3O4S/c1-14-6-10-17-19(12-14)32-24(22(17)23(25)30)27-20(28)13-31-21(29)11-9-16-8-7-15-4-2-3-5-18(15)26-16/h2-5,7-9,11,14H,6,10,12-13H2,1H3,(H2,25,30)(H,27,28)/b11-9+/t14-/m1/s1. The minimum Gasteiger partial charge on any atom is -0.452 e. The number of aromatic nitrogens is 1. The third-order valence-electron chi connectivity index (χ3n) is 5.37. The van der Waals surface area contributed by atoms with Crippen molar-refractivity contribution in [2.45, 2.75) is 26.2 Å². The van der Waals surface area contributed by atoms with E-state index in [1.165, 1.54) is 23.5 Å². The summed E-state index contributed by atoms with van der Waals surface area (Å²) >= 11 is 1.37. The van der Waals surface area contributed by atoms with Gasteiger partial charge in [0.1, 0.15) is 5.00 Å². The summed E-state index contributed by atoms with van der Waals surface area (Å²) in [5.41, 5.74) is 8.29. The molecule has 0 saturated carbocycles. The lowest BCUT2D eigenvalue weighted by molar-refractivity contribution is -0.142. The van der Waals surface area contributed by atoms with Crippen LogP contribution in [0.15, 0.2) is 42.5 Å². The van der Waals surface area contributed by atoms with Crippen molar-refractivity contribution in [3.8, 4) is 0 Å². The molecule has 1 aromatic carbocycles.